The SMILES string of the molecule is CCNC(Cc1cccc(OC)c1)c1cc(Cl)ccc1Br. The molecule has 2 nitrogen and oxygen atoms in total. The third-order valence-corrected chi connectivity index (χ3v) is 4.32. The van der Waals surface area contributed by atoms with E-state index < -0.39 is 0 Å². The molecule has 2 aromatic carbocycles. The van der Waals surface area contributed by atoms with Crippen LogP contribution in [-0.4, -0.2) is 13.7 Å². The zero-order chi connectivity index (χ0) is 15.2. The van der Waals surface area contributed by atoms with Gasteiger partial charge in [0, 0.05) is 15.5 Å². The lowest BCUT2D eigenvalue weighted by atomic mass is 9.98. The molecule has 0 bridgehead atoms. The van der Waals surface area contributed by atoms with Crippen molar-refractivity contribution in [3.63, 3.8) is 0 Å². The highest BCUT2D eigenvalue weighted by atomic mass is 79.9. The molecule has 112 valence electrons. The quantitative estimate of drug-likeness (QED) is 0.774. The molecule has 0 aliphatic carbocycles. The Balaban J connectivity index is 2.28. The van der Waals surface area contributed by atoms with Crippen molar-refractivity contribution in [2.24, 2.45) is 0 Å². The van der Waals surface area contributed by atoms with Gasteiger partial charge in [-0.15, -0.1) is 0 Å². The molecule has 0 aliphatic heterocycles. The summed E-state index contributed by atoms with van der Waals surface area (Å²) in [6.45, 7) is 3.00. The summed E-state index contributed by atoms with van der Waals surface area (Å²) in [5, 5.41) is 4.28. The van der Waals surface area contributed by atoms with E-state index in [1.165, 1.54) is 11.1 Å². The van der Waals surface area contributed by atoms with E-state index in [9.17, 15) is 0 Å². The second-order valence-corrected chi connectivity index (χ2v) is 6.12. The van der Waals surface area contributed by atoms with Gasteiger partial charge < -0.3 is 10.1 Å². The molecule has 2 rings (SSSR count). The van der Waals surface area contributed by atoms with E-state index in [1.807, 2.05) is 30.3 Å². The van der Waals surface area contributed by atoms with Crippen LogP contribution >= 0.6 is 27.5 Å². The third kappa shape index (κ3) is 4.47. The standard InChI is InChI=1S/C17H19BrClNO/c1-3-20-17(15-11-13(19)7-8-16(15)18)10-12-5-4-6-14(9-12)21-2/h4-9,11,17,20H,3,10H2,1-2H3. The topological polar surface area (TPSA) is 21.3 Å². The van der Waals surface area contributed by atoms with Crippen molar-refractivity contribution in [1.82, 2.24) is 5.32 Å². The molecule has 0 amide bonds. The summed E-state index contributed by atoms with van der Waals surface area (Å²) < 4.78 is 6.36. The van der Waals surface area contributed by atoms with Crippen molar-refractivity contribution in [3.8, 4) is 5.75 Å². The summed E-state index contributed by atoms with van der Waals surface area (Å²) in [6.07, 6.45) is 0.879. The molecular weight excluding hydrogens is 350 g/mol. The van der Waals surface area contributed by atoms with E-state index in [0.717, 1.165) is 28.2 Å². The molecule has 0 aromatic heterocycles. The monoisotopic (exact) mass is 367 g/mol. The molecule has 0 spiro atoms. The first-order valence-electron chi connectivity index (χ1n) is 6.95. The molecule has 0 radical (unpaired) electrons. The minimum absolute atomic E-state index is 0.204. The van der Waals surface area contributed by atoms with Gasteiger partial charge in [-0.25, -0.2) is 0 Å². The number of methoxy groups -OCH3 is 1. The van der Waals surface area contributed by atoms with Crippen LogP contribution in [0.5, 0.6) is 5.75 Å². The highest BCUT2D eigenvalue weighted by Crippen LogP contribution is 2.29. The molecular formula is C17H19BrClNO. The Kier molecular flexibility index (Phi) is 6.09. The van der Waals surface area contributed by atoms with Crippen LogP contribution in [0, 0.1) is 0 Å². The fraction of sp³-hybridized carbons (Fsp3) is 0.294. The lowest BCUT2D eigenvalue weighted by molar-refractivity contribution is 0.414. The number of hydrogen-bond donors (Lipinski definition) is 1. The average molecular weight is 369 g/mol. The Morgan fingerprint density at radius 3 is 2.76 bits per heavy atom. The predicted molar refractivity (Wildman–Crippen MR) is 92.3 cm³/mol. The Morgan fingerprint density at radius 2 is 2.05 bits per heavy atom. The van der Waals surface area contributed by atoms with E-state index in [0.29, 0.717) is 0 Å². The van der Waals surface area contributed by atoms with Crippen molar-refractivity contribution < 1.29 is 4.74 Å². The van der Waals surface area contributed by atoms with Crippen molar-refractivity contribution in [3.05, 3.63) is 63.1 Å². The van der Waals surface area contributed by atoms with Crippen molar-refractivity contribution in [1.29, 1.82) is 0 Å². The Bertz CT molecular complexity index is 603. The van der Waals surface area contributed by atoms with Gasteiger partial charge in [-0.1, -0.05) is 46.6 Å². The molecule has 1 unspecified atom stereocenters. The summed E-state index contributed by atoms with van der Waals surface area (Å²) in [5.74, 6) is 0.882. The van der Waals surface area contributed by atoms with E-state index in [1.54, 1.807) is 7.11 Å². The van der Waals surface area contributed by atoms with Crippen LogP contribution in [0.2, 0.25) is 5.02 Å². The highest BCUT2D eigenvalue weighted by Gasteiger charge is 2.15. The highest BCUT2D eigenvalue weighted by molar-refractivity contribution is 9.10. The minimum atomic E-state index is 0.204. The van der Waals surface area contributed by atoms with Gasteiger partial charge in [-0.2, -0.15) is 0 Å². The molecule has 2 aromatic rings. The van der Waals surface area contributed by atoms with Crippen molar-refractivity contribution in [2.45, 2.75) is 19.4 Å². The lowest BCUT2D eigenvalue weighted by Crippen LogP contribution is -2.23. The summed E-state index contributed by atoms with van der Waals surface area (Å²) in [7, 11) is 1.69. The summed E-state index contributed by atoms with van der Waals surface area (Å²) in [6, 6.07) is 14.3. The molecule has 0 saturated heterocycles. The van der Waals surface area contributed by atoms with Crippen molar-refractivity contribution in [2.75, 3.05) is 13.7 Å². The van der Waals surface area contributed by atoms with Gasteiger partial charge in [0.15, 0.2) is 0 Å². The molecule has 1 N–H and O–H groups in total. The molecule has 0 saturated carbocycles. The number of nitrogens with one attached hydrogen (secondary N) is 1. The van der Waals surface area contributed by atoms with Gasteiger partial charge in [0.05, 0.1) is 7.11 Å². The van der Waals surface area contributed by atoms with Crippen LogP contribution < -0.4 is 10.1 Å². The Hall–Kier alpha value is -1.03. The van der Waals surface area contributed by atoms with E-state index in [4.69, 9.17) is 16.3 Å². The average Bonchev–Trinajstić information content (AvgIpc) is 2.49. The number of hydrogen-bond acceptors (Lipinski definition) is 2. The smallest absolute Gasteiger partial charge is 0.119 e. The molecule has 4 heteroatoms. The third-order valence-electron chi connectivity index (χ3n) is 3.36. The minimum Gasteiger partial charge on any atom is -0.497 e. The van der Waals surface area contributed by atoms with Crippen LogP contribution in [0.25, 0.3) is 0 Å². The fourth-order valence-electron chi connectivity index (χ4n) is 2.36. The number of likely N-dealkylation sites (N-methyl/N-ethyl adjacent to an activating group) is 1. The second kappa shape index (κ2) is 7.83. The fourth-order valence-corrected chi connectivity index (χ4v) is 3.06. The molecule has 1 atom stereocenters. The first kappa shape index (κ1) is 16.3. The number of halogens is 2. The Labute approximate surface area is 139 Å². The first-order chi connectivity index (χ1) is 10.1. The second-order valence-electron chi connectivity index (χ2n) is 4.83. The maximum atomic E-state index is 6.14. The number of rotatable bonds is 6. The number of benzene rings is 2. The van der Waals surface area contributed by atoms with Crippen LogP contribution in [0.4, 0.5) is 0 Å². The summed E-state index contributed by atoms with van der Waals surface area (Å²) in [5.41, 5.74) is 2.40. The van der Waals surface area contributed by atoms with E-state index in [-0.39, 0.29) is 6.04 Å². The van der Waals surface area contributed by atoms with Gasteiger partial charge in [-0.05, 0) is 54.4 Å². The summed E-state index contributed by atoms with van der Waals surface area (Å²) >= 11 is 9.76. The predicted octanol–water partition coefficient (Wildman–Crippen LogP) is 5.00. The van der Waals surface area contributed by atoms with E-state index >= 15 is 0 Å². The Morgan fingerprint density at radius 1 is 1.24 bits per heavy atom. The van der Waals surface area contributed by atoms with Gasteiger partial charge in [0.25, 0.3) is 0 Å². The largest absolute Gasteiger partial charge is 0.497 e. The first-order valence-corrected chi connectivity index (χ1v) is 8.12. The lowest BCUT2D eigenvalue weighted by Gasteiger charge is -2.20. The van der Waals surface area contributed by atoms with Crippen molar-refractivity contribution >= 4 is 27.5 Å². The zero-order valence-corrected chi connectivity index (χ0v) is 14.5. The van der Waals surface area contributed by atoms with Gasteiger partial charge in [0.1, 0.15) is 5.75 Å². The van der Waals surface area contributed by atoms with Gasteiger partial charge >= 0.3 is 0 Å². The normalized spacial score (nSPS) is 12.2. The number of ether oxygens (including phenoxy) is 1. The van der Waals surface area contributed by atoms with Crippen LogP contribution in [0.15, 0.2) is 46.9 Å². The molecule has 0 aliphatic rings. The van der Waals surface area contributed by atoms with Crippen LogP contribution in [-0.2, 0) is 6.42 Å². The maximum absolute atomic E-state index is 6.14. The van der Waals surface area contributed by atoms with Gasteiger partial charge in [-0.3, -0.25) is 0 Å². The van der Waals surface area contributed by atoms with Crippen LogP contribution in [0.1, 0.15) is 24.1 Å². The molecule has 0 heterocycles. The van der Waals surface area contributed by atoms with Gasteiger partial charge in [0.2, 0.25) is 0 Å². The van der Waals surface area contributed by atoms with Crippen LogP contribution in [0.3, 0.4) is 0 Å². The van der Waals surface area contributed by atoms with E-state index in [2.05, 4.69) is 40.3 Å². The maximum Gasteiger partial charge on any atom is 0.119 e. The summed E-state index contributed by atoms with van der Waals surface area (Å²) in [4.78, 5) is 0. The molecule has 0 fully saturated rings. The zero-order valence-electron chi connectivity index (χ0n) is 12.2. The molecule has 21 heavy (non-hydrogen) atoms.